The predicted octanol–water partition coefficient (Wildman–Crippen LogP) is 3.96. The van der Waals surface area contributed by atoms with Gasteiger partial charge in [0.25, 0.3) is 0 Å². The molecule has 0 aromatic carbocycles. The Morgan fingerprint density at radius 1 is 1.24 bits per heavy atom. The highest BCUT2D eigenvalue weighted by Gasteiger charge is 2.32. The second kappa shape index (κ2) is 5.51. The third-order valence-electron chi connectivity index (χ3n) is 4.68. The third-order valence-corrected chi connectivity index (χ3v) is 4.68. The second-order valence-electron chi connectivity index (χ2n) is 6.65. The van der Waals surface area contributed by atoms with Gasteiger partial charge in [0, 0.05) is 24.6 Å². The molecule has 2 aromatic heterocycles. The van der Waals surface area contributed by atoms with Crippen LogP contribution >= 0.6 is 0 Å². The Labute approximate surface area is 126 Å². The van der Waals surface area contributed by atoms with Crippen LogP contribution in [0.15, 0.2) is 30.7 Å². The van der Waals surface area contributed by atoms with E-state index < -0.39 is 0 Å². The summed E-state index contributed by atoms with van der Waals surface area (Å²) in [6.45, 7) is 6.73. The second-order valence-corrected chi connectivity index (χ2v) is 6.65. The van der Waals surface area contributed by atoms with E-state index in [1.165, 1.54) is 25.7 Å². The largest absolute Gasteiger partial charge is 0.379 e. The summed E-state index contributed by atoms with van der Waals surface area (Å²) in [5.41, 5.74) is 1.42. The fraction of sp³-hybridized carbons (Fsp3) is 0.529. The molecule has 2 heterocycles. The molecule has 4 heteroatoms. The van der Waals surface area contributed by atoms with Gasteiger partial charge in [0.2, 0.25) is 0 Å². The molecule has 2 aromatic rings. The van der Waals surface area contributed by atoms with Gasteiger partial charge in [-0.15, -0.1) is 0 Å². The lowest BCUT2D eigenvalue weighted by atomic mass is 9.73. The number of nitrogens with one attached hydrogen (secondary N) is 1. The predicted molar refractivity (Wildman–Crippen MR) is 85.8 cm³/mol. The van der Waals surface area contributed by atoms with Gasteiger partial charge in [-0.25, -0.2) is 9.97 Å². The summed E-state index contributed by atoms with van der Waals surface area (Å²) >= 11 is 0. The summed E-state index contributed by atoms with van der Waals surface area (Å²) in [7, 11) is 0. The van der Waals surface area contributed by atoms with Crippen molar-refractivity contribution in [3.63, 3.8) is 0 Å². The molecule has 0 spiro atoms. The molecule has 1 aliphatic carbocycles. The number of hydrogen-bond donors (Lipinski definition) is 1. The quantitative estimate of drug-likeness (QED) is 0.927. The topological polar surface area (TPSA) is 42.7 Å². The van der Waals surface area contributed by atoms with E-state index in [2.05, 4.69) is 35.2 Å². The lowest BCUT2D eigenvalue weighted by Gasteiger charge is -2.39. The first-order chi connectivity index (χ1) is 10.1. The van der Waals surface area contributed by atoms with E-state index in [0.717, 1.165) is 17.3 Å². The Hall–Kier alpha value is -1.84. The van der Waals surface area contributed by atoms with E-state index in [-0.39, 0.29) is 0 Å². The zero-order valence-corrected chi connectivity index (χ0v) is 13.1. The number of imidazole rings is 1. The van der Waals surface area contributed by atoms with Crippen molar-refractivity contribution in [2.75, 3.05) is 5.32 Å². The monoisotopic (exact) mass is 284 g/mol. The molecule has 112 valence electrons. The van der Waals surface area contributed by atoms with Gasteiger partial charge in [-0.1, -0.05) is 26.7 Å². The Morgan fingerprint density at radius 3 is 2.81 bits per heavy atom. The number of nitrogens with zero attached hydrogens (tertiary/aromatic N) is 3. The number of aromatic nitrogens is 3. The first-order valence-corrected chi connectivity index (χ1v) is 7.80. The highest BCUT2D eigenvalue weighted by Crippen LogP contribution is 2.37. The van der Waals surface area contributed by atoms with Gasteiger partial charge in [-0.2, -0.15) is 0 Å². The normalized spacial score (nSPS) is 21.2. The zero-order chi connectivity index (χ0) is 14.9. The van der Waals surface area contributed by atoms with E-state index in [1.54, 1.807) is 0 Å². The van der Waals surface area contributed by atoms with Gasteiger partial charge in [-0.3, -0.25) is 4.57 Å². The minimum atomic E-state index is 0.329. The van der Waals surface area contributed by atoms with Gasteiger partial charge in [-0.05, 0) is 37.3 Å². The molecule has 1 aliphatic rings. The highest BCUT2D eigenvalue weighted by molar-refractivity contribution is 5.58. The minimum absolute atomic E-state index is 0.329. The molecule has 0 saturated heterocycles. The average Bonchev–Trinajstić information content (AvgIpc) is 2.88. The van der Waals surface area contributed by atoms with Crippen molar-refractivity contribution in [3.05, 3.63) is 36.5 Å². The lowest BCUT2D eigenvalue weighted by molar-refractivity contribution is 0.217. The van der Waals surface area contributed by atoms with Crippen LogP contribution in [0.4, 0.5) is 5.69 Å². The van der Waals surface area contributed by atoms with Gasteiger partial charge in [0.1, 0.15) is 5.82 Å². The van der Waals surface area contributed by atoms with E-state index in [1.807, 2.05) is 36.1 Å². The van der Waals surface area contributed by atoms with Crippen LogP contribution in [0.5, 0.6) is 0 Å². The molecular weight excluding hydrogens is 260 g/mol. The molecule has 1 saturated carbocycles. The van der Waals surface area contributed by atoms with Gasteiger partial charge < -0.3 is 5.32 Å². The Balaban J connectivity index is 1.91. The summed E-state index contributed by atoms with van der Waals surface area (Å²) in [6.07, 6.45) is 10.8. The number of aryl methyl sites for hydroxylation is 1. The number of anilines is 1. The molecule has 1 unspecified atom stereocenters. The summed E-state index contributed by atoms with van der Waals surface area (Å²) in [6, 6.07) is 4.61. The Kier molecular flexibility index (Phi) is 3.70. The summed E-state index contributed by atoms with van der Waals surface area (Å²) < 4.78 is 2.04. The van der Waals surface area contributed by atoms with Crippen LogP contribution in [0.25, 0.3) is 5.82 Å². The van der Waals surface area contributed by atoms with Crippen LogP contribution in [0.2, 0.25) is 0 Å². The maximum atomic E-state index is 4.56. The van der Waals surface area contributed by atoms with Crippen LogP contribution in [0.3, 0.4) is 0 Å². The first-order valence-electron chi connectivity index (χ1n) is 7.80. The van der Waals surface area contributed by atoms with E-state index >= 15 is 0 Å². The van der Waals surface area contributed by atoms with Gasteiger partial charge >= 0.3 is 0 Å². The van der Waals surface area contributed by atoms with Crippen LogP contribution in [-0.2, 0) is 0 Å². The Bertz CT molecular complexity index is 615. The number of hydrogen-bond acceptors (Lipinski definition) is 3. The standard InChI is InChI=1S/C17H24N4/c1-13-18-11-12-21(13)16-14(7-6-10-19-16)20-15-8-4-5-9-17(15,2)3/h6-7,10-12,15,20H,4-5,8-9H2,1-3H3. The van der Waals surface area contributed by atoms with Crippen molar-refractivity contribution in [2.24, 2.45) is 5.41 Å². The first kappa shape index (κ1) is 14.1. The van der Waals surface area contributed by atoms with Crippen LogP contribution in [0.1, 0.15) is 45.4 Å². The van der Waals surface area contributed by atoms with E-state index in [0.29, 0.717) is 11.5 Å². The maximum Gasteiger partial charge on any atom is 0.161 e. The van der Waals surface area contributed by atoms with Crippen molar-refractivity contribution in [1.82, 2.24) is 14.5 Å². The highest BCUT2D eigenvalue weighted by atomic mass is 15.1. The van der Waals surface area contributed by atoms with Crippen LogP contribution in [0, 0.1) is 12.3 Å². The van der Waals surface area contributed by atoms with Crippen LogP contribution in [-0.4, -0.2) is 20.6 Å². The van der Waals surface area contributed by atoms with E-state index in [4.69, 9.17) is 0 Å². The Morgan fingerprint density at radius 2 is 2.10 bits per heavy atom. The lowest BCUT2D eigenvalue weighted by Crippen LogP contribution is -2.39. The minimum Gasteiger partial charge on any atom is -0.379 e. The van der Waals surface area contributed by atoms with E-state index in [9.17, 15) is 0 Å². The third kappa shape index (κ3) is 2.80. The van der Waals surface area contributed by atoms with Crippen molar-refractivity contribution >= 4 is 5.69 Å². The fourth-order valence-corrected chi connectivity index (χ4v) is 3.25. The SMILES string of the molecule is Cc1nccn1-c1ncccc1NC1CCCCC1(C)C. The molecule has 0 bridgehead atoms. The van der Waals surface area contributed by atoms with Crippen molar-refractivity contribution in [3.8, 4) is 5.82 Å². The smallest absolute Gasteiger partial charge is 0.161 e. The molecule has 0 aliphatic heterocycles. The molecule has 1 atom stereocenters. The molecule has 0 radical (unpaired) electrons. The number of pyridine rings is 1. The van der Waals surface area contributed by atoms with Crippen molar-refractivity contribution in [1.29, 1.82) is 0 Å². The fourth-order valence-electron chi connectivity index (χ4n) is 3.25. The zero-order valence-electron chi connectivity index (χ0n) is 13.1. The van der Waals surface area contributed by atoms with Gasteiger partial charge in [0.05, 0.1) is 5.69 Å². The average molecular weight is 284 g/mol. The number of rotatable bonds is 3. The molecule has 21 heavy (non-hydrogen) atoms. The maximum absolute atomic E-state index is 4.56. The van der Waals surface area contributed by atoms with Crippen molar-refractivity contribution in [2.45, 2.75) is 52.5 Å². The molecule has 4 nitrogen and oxygen atoms in total. The van der Waals surface area contributed by atoms with Gasteiger partial charge in [0.15, 0.2) is 5.82 Å². The summed E-state index contributed by atoms with van der Waals surface area (Å²) in [5, 5.41) is 3.74. The molecule has 3 rings (SSSR count). The van der Waals surface area contributed by atoms with Crippen LogP contribution < -0.4 is 5.32 Å². The molecule has 1 N–H and O–H groups in total. The molecule has 1 fully saturated rings. The summed E-state index contributed by atoms with van der Waals surface area (Å²) in [5.74, 6) is 1.90. The van der Waals surface area contributed by atoms with Crippen molar-refractivity contribution < 1.29 is 0 Å². The molecular formula is C17H24N4. The summed E-state index contributed by atoms with van der Waals surface area (Å²) in [4.78, 5) is 8.86. The molecule has 0 amide bonds.